The van der Waals surface area contributed by atoms with Crippen LogP contribution in [0.3, 0.4) is 0 Å². The molecule has 0 bridgehead atoms. The molecule has 1 aromatic heterocycles. The van der Waals surface area contributed by atoms with Gasteiger partial charge in [-0.3, -0.25) is 19.2 Å². The van der Waals surface area contributed by atoms with Gasteiger partial charge in [0.1, 0.15) is 16.8 Å². The lowest BCUT2D eigenvalue weighted by molar-refractivity contribution is -0.122. The molecule has 2 unspecified atom stereocenters. The summed E-state index contributed by atoms with van der Waals surface area (Å²) in [6, 6.07) is 14.9. The van der Waals surface area contributed by atoms with Gasteiger partial charge in [0.2, 0.25) is 11.8 Å². The number of anilines is 2. The van der Waals surface area contributed by atoms with Gasteiger partial charge in [-0.25, -0.2) is 9.29 Å². The quantitative estimate of drug-likeness (QED) is 0.223. The monoisotopic (exact) mass is 707 g/mol. The molecular formula is C28H17BrCl2FN3O5S2. The van der Waals surface area contributed by atoms with E-state index in [4.69, 9.17) is 27.9 Å². The number of amides is 3. The van der Waals surface area contributed by atoms with Crippen LogP contribution in [0.5, 0.6) is 5.75 Å². The number of benzene rings is 3. The summed E-state index contributed by atoms with van der Waals surface area (Å²) in [5.74, 6) is -3.27. The molecule has 4 aromatic rings. The molecule has 1 fully saturated rings. The van der Waals surface area contributed by atoms with Gasteiger partial charge < -0.3 is 15.0 Å². The summed E-state index contributed by atoms with van der Waals surface area (Å²) in [4.78, 5) is 56.8. The summed E-state index contributed by atoms with van der Waals surface area (Å²) < 4.78 is 20.2. The zero-order valence-corrected chi connectivity index (χ0v) is 25.8. The molecule has 3 amide bonds. The summed E-state index contributed by atoms with van der Waals surface area (Å²) in [6.45, 7) is -0.380. The van der Waals surface area contributed by atoms with Gasteiger partial charge in [-0.15, -0.1) is 0 Å². The first kappa shape index (κ1) is 28.9. The van der Waals surface area contributed by atoms with Crippen molar-refractivity contribution in [2.45, 2.75) is 16.2 Å². The number of carbonyl (C=O) groups excluding carboxylic acids is 3. The first-order valence-corrected chi connectivity index (χ1v) is 15.6. The normalized spacial score (nSPS) is 19.4. The second-order valence-electron chi connectivity index (χ2n) is 9.39. The Bertz CT molecular complexity index is 1820. The molecule has 0 spiro atoms. The van der Waals surface area contributed by atoms with Crippen molar-refractivity contribution in [3.05, 3.63) is 101 Å². The third kappa shape index (κ3) is 5.37. The van der Waals surface area contributed by atoms with Crippen molar-refractivity contribution >= 4 is 91.3 Å². The van der Waals surface area contributed by atoms with Gasteiger partial charge in [-0.2, -0.15) is 0 Å². The minimum Gasteiger partial charge on any atom is -0.483 e. The van der Waals surface area contributed by atoms with Crippen LogP contribution in [0.4, 0.5) is 15.8 Å². The number of halogens is 4. The van der Waals surface area contributed by atoms with E-state index < -0.39 is 40.6 Å². The number of nitrogens with zero attached hydrogens (tertiary/aromatic N) is 1. The minimum atomic E-state index is -0.895. The smallest absolute Gasteiger partial charge is 0.305 e. The maximum Gasteiger partial charge on any atom is 0.305 e. The molecule has 0 aliphatic carbocycles. The van der Waals surface area contributed by atoms with Gasteiger partial charge in [0.15, 0.2) is 6.61 Å². The molecule has 2 aliphatic heterocycles. The maximum atomic E-state index is 13.9. The van der Waals surface area contributed by atoms with E-state index in [1.54, 1.807) is 30.3 Å². The van der Waals surface area contributed by atoms with Crippen molar-refractivity contribution in [3.63, 3.8) is 0 Å². The number of H-pyrrole nitrogens is 1. The number of aromatic nitrogens is 1. The third-order valence-electron chi connectivity index (χ3n) is 6.78. The number of nitrogens with one attached hydrogen (secondary N) is 2. The Labute approximate surface area is 264 Å². The van der Waals surface area contributed by atoms with E-state index in [0.29, 0.717) is 36.4 Å². The fourth-order valence-corrected chi connectivity index (χ4v) is 8.19. The second kappa shape index (κ2) is 11.5. The Morgan fingerprint density at radius 1 is 1.02 bits per heavy atom. The Morgan fingerprint density at radius 3 is 2.52 bits per heavy atom. The van der Waals surface area contributed by atoms with E-state index >= 15 is 0 Å². The lowest BCUT2D eigenvalue weighted by atomic mass is 9.82. The minimum absolute atomic E-state index is 0.252. The van der Waals surface area contributed by atoms with E-state index in [1.807, 2.05) is 0 Å². The molecule has 8 nitrogen and oxygen atoms in total. The molecule has 2 aliphatic rings. The average Bonchev–Trinajstić information content (AvgIpc) is 3.44. The lowest BCUT2D eigenvalue weighted by Gasteiger charge is -2.31. The van der Waals surface area contributed by atoms with Crippen LogP contribution < -0.4 is 19.8 Å². The first-order valence-electron chi connectivity index (χ1n) is 12.3. The molecular weight excluding hydrogens is 692 g/mol. The van der Waals surface area contributed by atoms with Crippen LogP contribution in [-0.2, 0) is 14.4 Å². The predicted molar refractivity (Wildman–Crippen MR) is 164 cm³/mol. The highest BCUT2D eigenvalue weighted by molar-refractivity contribution is 9.10. The number of hydrogen-bond donors (Lipinski definition) is 2. The Hall–Kier alpha value is -3.16. The topological polar surface area (TPSA) is 109 Å². The van der Waals surface area contributed by atoms with E-state index in [9.17, 15) is 23.6 Å². The van der Waals surface area contributed by atoms with Crippen LogP contribution in [0.1, 0.15) is 16.4 Å². The van der Waals surface area contributed by atoms with Gasteiger partial charge >= 0.3 is 4.87 Å². The molecule has 0 saturated carbocycles. The number of carbonyl (C=O) groups is 3. The van der Waals surface area contributed by atoms with Crippen molar-refractivity contribution in [2.75, 3.05) is 16.8 Å². The number of fused-ring (bicyclic) bond motifs is 2. The van der Waals surface area contributed by atoms with Crippen molar-refractivity contribution in [3.8, 4) is 5.75 Å². The molecule has 3 heterocycles. The van der Waals surface area contributed by atoms with Crippen LogP contribution in [0.2, 0.25) is 10.0 Å². The second-order valence-corrected chi connectivity index (χ2v) is 13.3. The Kier molecular flexibility index (Phi) is 7.92. The molecule has 14 heteroatoms. The summed E-state index contributed by atoms with van der Waals surface area (Å²) >= 11 is 17.5. The van der Waals surface area contributed by atoms with Crippen molar-refractivity contribution < 1.29 is 23.5 Å². The molecule has 1 saturated heterocycles. The standard InChI is InChI=1S/C28H17BrCl2FN3O5S2/c29-12-1-8-19(40-11-20(36)33-14-4-7-17(30)18(31)10-14)16(9-12)21-22-24(41-25-23(21)42-28(39)34-25)27(38)35(26(22)37)15-5-2-13(32)3-6-15/h1-10,21-22,24H,11H2,(H,33,36)(H,34,39)/t21-,22?,24?/m1/s1. The van der Waals surface area contributed by atoms with Crippen LogP contribution >= 0.6 is 62.2 Å². The van der Waals surface area contributed by atoms with E-state index in [1.165, 1.54) is 30.3 Å². The maximum absolute atomic E-state index is 13.9. The van der Waals surface area contributed by atoms with Gasteiger partial charge in [-0.1, -0.05) is 62.2 Å². The zero-order chi connectivity index (χ0) is 29.7. The number of imide groups is 1. The van der Waals surface area contributed by atoms with Crippen molar-refractivity contribution in [2.24, 2.45) is 5.92 Å². The van der Waals surface area contributed by atoms with Crippen molar-refractivity contribution in [1.82, 2.24) is 4.98 Å². The molecule has 214 valence electrons. The summed E-state index contributed by atoms with van der Waals surface area (Å²) in [6.07, 6.45) is 0. The number of ether oxygens (including phenoxy) is 1. The average molecular weight is 709 g/mol. The van der Waals surface area contributed by atoms with Gasteiger partial charge in [0, 0.05) is 26.5 Å². The lowest BCUT2D eigenvalue weighted by Crippen LogP contribution is -2.32. The van der Waals surface area contributed by atoms with E-state index in [-0.39, 0.29) is 22.2 Å². The van der Waals surface area contributed by atoms with Gasteiger partial charge in [0.05, 0.1) is 26.7 Å². The highest BCUT2D eigenvalue weighted by Gasteiger charge is 2.56. The highest BCUT2D eigenvalue weighted by atomic mass is 79.9. The summed E-state index contributed by atoms with van der Waals surface area (Å²) in [5, 5.41) is 2.95. The molecule has 0 radical (unpaired) electrons. The van der Waals surface area contributed by atoms with Crippen LogP contribution in [0.15, 0.2) is 75.0 Å². The molecule has 6 rings (SSSR count). The number of thioether (sulfide) groups is 1. The zero-order valence-electron chi connectivity index (χ0n) is 21.0. The summed E-state index contributed by atoms with van der Waals surface area (Å²) in [5.41, 5.74) is 1.20. The number of rotatable bonds is 6. The Morgan fingerprint density at radius 2 is 1.79 bits per heavy atom. The number of hydrogen-bond acceptors (Lipinski definition) is 7. The van der Waals surface area contributed by atoms with Gasteiger partial charge in [-0.05, 0) is 60.7 Å². The molecule has 3 aromatic carbocycles. The SMILES string of the molecule is O=C(COc1ccc(Br)cc1[C@H]1c2sc(=O)[nH]c2SC2C(=O)N(c3ccc(F)cc3)C(=O)C21)Nc1ccc(Cl)c(Cl)c1. The van der Waals surface area contributed by atoms with Crippen LogP contribution in [0.25, 0.3) is 0 Å². The fraction of sp³-hybridized carbons (Fsp3) is 0.143. The van der Waals surface area contributed by atoms with Crippen LogP contribution in [0, 0.1) is 11.7 Å². The van der Waals surface area contributed by atoms with Crippen molar-refractivity contribution in [1.29, 1.82) is 0 Å². The Balaban J connectivity index is 1.35. The first-order chi connectivity index (χ1) is 20.1. The van der Waals surface area contributed by atoms with E-state index in [0.717, 1.165) is 28.0 Å². The molecule has 2 N–H and O–H groups in total. The highest BCUT2D eigenvalue weighted by Crippen LogP contribution is 2.54. The number of thiazole rings is 1. The van der Waals surface area contributed by atoms with Gasteiger partial charge in [0.25, 0.3) is 5.91 Å². The predicted octanol–water partition coefficient (Wildman–Crippen LogP) is 6.46. The summed E-state index contributed by atoms with van der Waals surface area (Å²) in [7, 11) is 0. The van der Waals surface area contributed by atoms with E-state index in [2.05, 4.69) is 26.2 Å². The number of aromatic amines is 1. The fourth-order valence-electron chi connectivity index (χ4n) is 5.00. The molecule has 42 heavy (non-hydrogen) atoms. The largest absolute Gasteiger partial charge is 0.483 e. The van der Waals surface area contributed by atoms with Crippen LogP contribution in [-0.4, -0.2) is 34.6 Å². The molecule has 3 atom stereocenters. The third-order valence-corrected chi connectivity index (χ3v) is 10.4.